The van der Waals surface area contributed by atoms with Crippen LogP contribution >= 0.6 is 11.8 Å². The maximum atomic E-state index is 8.54. The Bertz CT molecular complexity index is 87.1. The minimum Gasteiger partial charge on any atom is -0.352 e. The summed E-state index contributed by atoms with van der Waals surface area (Å²) in [5.41, 5.74) is 8.54. The first-order valence-electron chi connectivity index (χ1n) is 4.26. The van der Waals surface area contributed by atoms with Gasteiger partial charge in [0.25, 0.3) is 0 Å². The van der Waals surface area contributed by atoms with Gasteiger partial charge in [-0.2, -0.15) is 11.8 Å². The first kappa shape index (κ1) is 12.2. The normalized spacial score (nSPS) is 11.0. The molecule has 0 aromatic heterocycles. The highest BCUT2D eigenvalue weighted by Crippen LogP contribution is 2.06. The molecule has 72 valence electrons. The standard InChI is InChI=1S/C8H17NO2S/c1-3-10-8(11-4-2)7-12-6-5-9/h8H,3-7H2,1-2H3. The van der Waals surface area contributed by atoms with Gasteiger partial charge >= 0.3 is 0 Å². The van der Waals surface area contributed by atoms with E-state index in [9.17, 15) is 0 Å². The molecule has 4 heteroatoms. The zero-order valence-electron chi connectivity index (χ0n) is 7.78. The number of rotatable bonds is 8. The summed E-state index contributed by atoms with van der Waals surface area (Å²) >= 11 is 1.64. The molecular formula is C8H17NO2S. The molecule has 0 bridgehead atoms. The lowest BCUT2D eigenvalue weighted by atomic mass is 10.7. The highest BCUT2D eigenvalue weighted by Gasteiger charge is 2.06. The molecule has 0 aromatic carbocycles. The Balaban J connectivity index is 3.34. The smallest absolute Gasteiger partial charge is 0.166 e. The van der Waals surface area contributed by atoms with Gasteiger partial charge in [0.05, 0.1) is 0 Å². The van der Waals surface area contributed by atoms with Gasteiger partial charge in [-0.15, -0.1) is 5.73 Å². The van der Waals surface area contributed by atoms with Crippen LogP contribution in [0.4, 0.5) is 0 Å². The van der Waals surface area contributed by atoms with Crippen LogP contribution in [0.2, 0.25) is 0 Å². The molecule has 0 fully saturated rings. The van der Waals surface area contributed by atoms with Gasteiger partial charge < -0.3 is 9.47 Å². The summed E-state index contributed by atoms with van der Waals surface area (Å²) in [5, 5.41) is 0. The van der Waals surface area contributed by atoms with Crippen LogP contribution in [0.5, 0.6) is 0 Å². The van der Waals surface area contributed by atoms with Gasteiger partial charge in [-0.1, -0.05) is 0 Å². The third-order valence-electron chi connectivity index (χ3n) is 1.19. The third-order valence-corrected chi connectivity index (χ3v) is 2.17. The Morgan fingerprint density at radius 2 is 1.83 bits per heavy atom. The predicted octanol–water partition coefficient (Wildman–Crippen LogP) is 1.19. The van der Waals surface area contributed by atoms with Crippen molar-refractivity contribution in [2.75, 3.05) is 31.3 Å². The SMILES string of the molecule is CCOC(CSCC[N])OCC. The largest absolute Gasteiger partial charge is 0.352 e. The second-order valence-corrected chi connectivity index (χ2v) is 3.29. The van der Waals surface area contributed by atoms with Gasteiger partial charge in [0.2, 0.25) is 0 Å². The molecular weight excluding hydrogens is 174 g/mol. The third kappa shape index (κ3) is 6.91. The van der Waals surface area contributed by atoms with E-state index in [2.05, 4.69) is 0 Å². The maximum absolute atomic E-state index is 8.54. The molecule has 0 atom stereocenters. The fourth-order valence-corrected chi connectivity index (χ4v) is 1.44. The van der Waals surface area contributed by atoms with E-state index in [1.807, 2.05) is 13.8 Å². The average Bonchev–Trinajstić information content (AvgIpc) is 2.06. The lowest BCUT2D eigenvalue weighted by Crippen LogP contribution is -2.20. The molecule has 0 saturated heterocycles. The van der Waals surface area contributed by atoms with Crippen molar-refractivity contribution in [1.29, 1.82) is 0 Å². The summed E-state index contributed by atoms with van der Waals surface area (Å²) in [5.74, 6) is 1.54. The quantitative estimate of drug-likeness (QED) is 0.427. The van der Waals surface area contributed by atoms with E-state index in [0.717, 1.165) is 11.5 Å². The van der Waals surface area contributed by atoms with Gasteiger partial charge in [-0.25, -0.2) is 0 Å². The first-order valence-corrected chi connectivity index (χ1v) is 5.42. The van der Waals surface area contributed by atoms with Crippen LogP contribution in [-0.2, 0) is 9.47 Å². The Kier molecular flexibility index (Phi) is 9.50. The lowest BCUT2D eigenvalue weighted by molar-refractivity contribution is -0.120. The molecule has 0 spiro atoms. The van der Waals surface area contributed by atoms with Gasteiger partial charge in [0.15, 0.2) is 6.29 Å². The molecule has 0 rings (SSSR count). The molecule has 0 aliphatic rings. The number of nitrogens with zero attached hydrogens (tertiary/aromatic N) is 1. The molecule has 3 nitrogen and oxygen atoms in total. The molecule has 0 amide bonds. The van der Waals surface area contributed by atoms with Gasteiger partial charge in [0.1, 0.15) is 0 Å². The van der Waals surface area contributed by atoms with Gasteiger partial charge in [-0.05, 0) is 13.8 Å². The summed E-state index contributed by atoms with van der Waals surface area (Å²) in [6.07, 6.45) is -0.114. The zero-order chi connectivity index (χ0) is 9.23. The zero-order valence-corrected chi connectivity index (χ0v) is 8.60. The van der Waals surface area contributed by atoms with E-state index in [1.165, 1.54) is 0 Å². The molecule has 0 N–H and O–H groups in total. The average molecular weight is 191 g/mol. The molecule has 0 aliphatic carbocycles. The maximum Gasteiger partial charge on any atom is 0.166 e. The summed E-state index contributed by atoms with van der Waals surface area (Å²) in [6, 6.07) is 0. The minimum atomic E-state index is -0.114. The van der Waals surface area contributed by atoms with E-state index in [1.54, 1.807) is 11.8 Å². The van der Waals surface area contributed by atoms with Crippen LogP contribution in [0.3, 0.4) is 0 Å². The summed E-state index contributed by atoms with van der Waals surface area (Å²) in [6.45, 7) is 5.45. The van der Waals surface area contributed by atoms with Crippen molar-refractivity contribution in [2.45, 2.75) is 20.1 Å². The Labute approximate surface area is 79.0 Å². The van der Waals surface area contributed by atoms with Crippen LogP contribution in [0.1, 0.15) is 13.8 Å². The number of hydrogen-bond acceptors (Lipinski definition) is 3. The summed E-state index contributed by atoms with van der Waals surface area (Å²) < 4.78 is 10.6. The van der Waals surface area contributed by atoms with Crippen LogP contribution in [0.15, 0.2) is 0 Å². The van der Waals surface area contributed by atoms with Crippen LogP contribution < -0.4 is 5.73 Å². The van der Waals surface area contributed by atoms with Crippen LogP contribution in [0, 0.1) is 0 Å². The highest BCUT2D eigenvalue weighted by molar-refractivity contribution is 7.99. The second-order valence-electron chi connectivity index (χ2n) is 2.14. The first-order chi connectivity index (χ1) is 5.85. The molecule has 0 heterocycles. The van der Waals surface area contributed by atoms with Crippen LogP contribution in [0.25, 0.3) is 0 Å². The van der Waals surface area contributed by atoms with Gasteiger partial charge in [-0.3, -0.25) is 0 Å². The predicted molar refractivity (Wildman–Crippen MR) is 51.4 cm³/mol. The lowest BCUT2D eigenvalue weighted by Gasteiger charge is -2.15. The second kappa shape index (κ2) is 9.32. The molecule has 0 aromatic rings. The van der Waals surface area contributed by atoms with E-state index in [0.29, 0.717) is 13.2 Å². The van der Waals surface area contributed by atoms with E-state index >= 15 is 0 Å². The minimum absolute atomic E-state index is 0.114. The molecule has 12 heavy (non-hydrogen) atoms. The molecule has 2 radical (unpaired) electrons. The van der Waals surface area contributed by atoms with E-state index in [4.69, 9.17) is 15.2 Å². The molecule has 0 saturated carbocycles. The number of hydrogen-bond donors (Lipinski definition) is 0. The van der Waals surface area contributed by atoms with Gasteiger partial charge in [0, 0.05) is 31.3 Å². The Morgan fingerprint density at radius 3 is 2.25 bits per heavy atom. The van der Waals surface area contributed by atoms with Crippen molar-refractivity contribution in [2.24, 2.45) is 0 Å². The van der Waals surface area contributed by atoms with Crippen molar-refractivity contribution in [3.63, 3.8) is 0 Å². The van der Waals surface area contributed by atoms with Crippen LogP contribution in [-0.4, -0.2) is 37.6 Å². The Hall–Kier alpha value is 0.230. The monoisotopic (exact) mass is 191 g/mol. The molecule has 0 unspecified atom stereocenters. The van der Waals surface area contributed by atoms with Crippen molar-refractivity contribution < 1.29 is 9.47 Å². The number of ether oxygens (including phenoxy) is 2. The van der Waals surface area contributed by atoms with Crippen molar-refractivity contribution in [3.05, 3.63) is 0 Å². The van der Waals surface area contributed by atoms with Crippen molar-refractivity contribution >= 4 is 11.8 Å². The number of thioether (sulfide) groups is 1. The highest BCUT2D eigenvalue weighted by atomic mass is 32.2. The Morgan fingerprint density at radius 1 is 1.25 bits per heavy atom. The van der Waals surface area contributed by atoms with E-state index < -0.39 is 0 Å². The van der Waals surface area contributed by atoms with Crippen molar-refractivity contribution in [3.8, 4) is 0 Å². The summed E-state index contributed by atoms with van der Waals surface area (Å²) in [7, 11) is 0. The van der Waals surface area contributed by atoms with E-state index in [-0.39, 0.29) is 12.8 Å². The molecule has 0 aliphatic heterocycles. The summed E-state index contributed by atoms with van der Waals surface area (Å²) in [4.78, 5) is 0. The fourth-order valence-electron chi connectivity index (χ4n) is 0.760. The van der Waals surface area contributed by atoms with Crippen molar-refractivity contribution in [1.82, 2.24) is 5.73 Å². The fraction of sp³-hybridized carbons (Fsp3) is 1.00. The topological polar surface area (TPSA) is 40.8 Å².